The average molecular weight is 595 g/mol. The monoisotopic (exact) mass is 594 g/mol. The first kappa shape index (κ1) is 32.7. The summed E-state index contributed by atoms with van der Waals surface area (Å²) >= 11 is 0. The van der Waals surface area contributed by atoms with Crippen LogP contribution < -0.4 is 0 Å². The van der Waals surface area contributed by atoms with Crippen molar-refractivity contribution in [2.24, 2.45) is 46.3 Å². The molecule has 0 N–H and O–H groups in total. The lowest BCUT2D eigenvalue weighted by Gasteiger charge is -2.65. The number of methoxy groups -OCH3 is 1. The van der Waals surface area contributed by atoms with Crippen LogP contribution in [0.1, 0.15) is 85.5 Å². The van der Waals surface area contributed by atoms with Gasteiger partial charge in [0.25, 0.3) is 0 Å². The van der Waals surface area contributed by atoms with Crippen LogP contribution in [0.5, 0.6) is 0 Å². The lowest BCUT2D eigenvalue weighted by Crippen LogP contribution is -2.64. The maximum atomic E-state index is 12.1. The van der Waals surface area contributed by atoms with Crippen molar-refractivity contribution in [3.05, 3.63) is 0 Å². The van der Waals surface area contributed by atoms with Gasteiger partial charge >= 0.3 is 5.97 Å². The number of esters is 1. The highest BCUT2D eigenvalue weighted by atomic mass is 28.4. The van der Waals surface area contributed by atoms with E-state index in [0.29, 0.717) is 59.6 Å². The zero-order valence-corrected chi connectivity index (χ0v) is 29.8. The zero-order chi connectivity index (χ0) is 29.7. The molecule has 0 bridgehead atoms. The predicted molar refractivity (Wildman–Crippen MR) is 168 cm³/mol. The molecule has 4 aliphatic rings. The van der Waals surface area contributed by atoms with E-state index < -0.39 is 16.6 Å². The number of rotatable bonds is 10. The second-order valence-electron chi connectivity index (χ2n) is 16.4. The van der Waals surface area contributed by atoms with Crippen molar-refractivity contribution in [2.45, 2.75) is 143 Å². The minimum absolute atomic E-state index is 0.0809. The van der Waals surface area contributed by atoms with Crippen molar-refractivity contribution < 1.29 is 23.1 Å². The molecule has 0 saturated heterocycles. The summed E-state index contributed by atoms with van der Waals surface area (Å²) in [5, 5.41) is 0. The standard InChI is InChI=1S/C33H62O5Si2/c1-12-36-24-17-18-32(3)23(19-24)20-28(37-39(6,7)8)31-26-15-14-25(22(2)13-16-30(34)35-5)33(26,4)29(21-27(31)32)38-40(9,10)11/h22-29,31H,12-21H2,1-11H3/t22-,23+,24-,25-,26+,27+,28-,29+,31+,32+,33-/m1/s1. The number of hydrogen-bond acceptors (Lipinski definition) is 5. The van der Waals surface area contributed by atoms with E-state index >= 15 is 0 Å². The highest BCUT2D eigenvalue weighted by molar-refractivity contribution is 6.70. The van der Waals surface area contributed by atoms with Crippen molar-refractivity contribution in [3.63, 3.8) is 0 Å². The van der Waals surface area contributed by atoms with E-state index in [1.807, 2.05) is 0 Å². The minimum Gasteiger partial charge on any atom is -0.469 e. The van der Waals surface area contributed by atoms with Crippen LogP contribution in [0.3, 0.4) is 0 Å². The number of carbonyl (C=O) groups is 1. The number of hydrogen-bond donors (Lipinski definition) is 0. The molecule has 0 heterocycles. The molecule has 5 nitrogen and oxygen atoms in total. The first-order chi connectivity index (χ1) is 18.5. The SMILES string of the molecule is CCO[C@@H]1CC[C@@]2(C)[C@@H](C1)C[C@@H](O[Si](C)(C)C)[C@@H]1[C@@H]2C[C@H](O[Si](C)(C)C)[C@]2(C)[C@@H]([C@H](C)CCC(=O)OC)CC[C@@H]12. The third-order valence-electron chi connectivity index (χ3n) is 11.9. The molecule has 0 aliphatic heterocycles. The topological polar surface area (TPSA) is 54.0 Å². The maximum Gasteiger partial charge on any atom is 0.305 e. The fourth-order valence-corrected chi connectivity index (χ4v) is 12.6. The Kier molecular flexibility index (Phi) is 9.85. The Morgan fingerprint density at radius 1 is 0.925 bits per heavy atom. The number of carbonyl (C=O) groups excluding carboxylic acids is 1. The first-order valence-electron chi connectivity index (χ1n) is 16.6. The molecule has 4 saturated carbocycles. The zero-order valence-electron chi connectivity index (χ0n) is 27.8. The summed E-state index contributed by atoms with van der Waals surface area (Å²) in [6.45, 7) is 24.8. The van der Waals surface area contributed by atoms with Crippen molar-refractivity contribution in [2.75, 3.05) is 13.7 Å². The highest BCUT2D eigenvalue weighted by Gasteiger charge is 2.67. The lowest BCUT2D eigenvalue weighted by atomic mass is 9.43. The Labute approximate surface area is 248 Å². The smallest absolute Gasteiger partial charge is 0.305 e. The van der Waals surface area contributed by atoms with Crippen molar-refractivity contribution >= 4 is 22.6 Å². The summed E-state index contributed by atoms with van der Waals surface area (Å²) in [7, 11) is -2.00. The van der Waals surface area contributed by atoms with E-state index in [0.717, 1.165) is 13.0 Å². The summed E-state index contributed by atoms with van der Waals surface area (Å²) < 4.78 is 25.7. The number of ether oxygens (including phenoxy) is 2. The van der Waals surface area contributed by atoms with Gasteiger partial charge in [0.1, 0.15) is 0 Å². The predicted octanol–water partition coefficient (Wildman–Crippen LogP) is 8.30. The molecule has 7 heteroatoms. The van der Waals surface area contributed by atoms with Gasteiger partial charge in [-0.1, -0.05) is 20.8 Å². The van der Waals surface area contributed by atoms with Crippen molar-refractivity contribution in [1.29, 1.82) is 0 Å². The molecular formula is C33H62O5Si2. The van der Waals surface area contributed by atoms with Crippen LogP contribution in [0.15, 0.2) is 0 Å². The molecular weight excluding hydrogens is 533 g/mol. The molecule has 40 heavy (non-hydrogen) atoms. The quantitative estimate of drug-likeness (QED) is 0.188. The molecule has 11 atom stereocenters. The molecule has 4 fully saturated rings. The number of fused-ring (bicyclic) bond motifs is 5. The molecule has 0 unspecified atom stereocenters. The maximum absolute atomic E-state index is 12.1. The van der Waals surface area contributed by atoms with E-state index in [4.69, 9.17) is 18.3 Å². The molecule has 0 spiro atoms. The molecule has 0 aromatic heterocycles. The van der Waals surface area contributed by atoms with Gasteiger partial charge in [-0.2, -0.15) is 0 Å². The van der Waals surface area contributed by atoms with Crippen LogP contribution in [0, 0.1) is 46.3 Å². The fraction of sp³-hybridized carbons (Fsp3) is 0.970. The Hall–Kier alpha value is -0.216. The summed E-state index contributed by atoms with van der Waals surface area (Å²) in [5.41, 5.74) is 0.443. The fourth-order valence-electron chi connectivity index (χ4n) is 10.3. The molecule has 0 aromatic rings. The lowest BCUT2D eigenvalue weighted by molar-refractivity contribution is -0.202. The molecule has 0 amide bonds. The molecule has 0 radical (unpaired) electrons. The van der Waals surface area contributed by atoms with Gasteiger partial charge in [0, 0.05) is 19.1 Å². The Bertz CT molecular complexity index is 883. The van der Waals surface area contributed by atoms with Gasteiger partial charge in [-0.05, 0) is 144 Å². The summed E-state index contributed by atoms with van der Waals surface area (Å²) in [5.74, 6) is 3.47. The first-order valence-corrected chi connectivity index (χ1v) is 23.4. The van der Waals surface area contributed by atoms with E-state index in [1.165, 1.54) is 52.1 Å². The Morgan fingerprint density at radius 3 is 2.20 bits per heavy atom. The van der Waals surface area contributed by atoms with Crippen molar-refractivity contribution in [1.82, 2.24) is 0 Å². The van der Waals surface area contributed by atoms with Crippen LogP contribution in [-0.2, 0) is 23.1 Å². The normalized spacial score (nSPS) is 42.5. The summed E-state index contributed by atoms with van der Waals surface area (Å²) in [6, 6.07) is 0. The van der Waals surface area contributed by atoms with Gasteiger partial charge < -0.3 is 18.3 Å². The highest BCUT2D eigenvalue weighted by Crippen LogP contribution is 2.69. The van der Waals surface area contributed by atoms with Crippen LogP contribution in [0.2, 0.25) is 39.3 Å². The summed E-state index contributed by atoms with van der Waals surface area (Å²) in [6.07, 6.45) is 11.0. The Balaban J connectivity index is 1.73. The van der Waals surface area contributed by atoms with E-state index in [-0.39, 0.29) is 17.5 Å². The van der Waals surface area contributed by atoms with Gasteiger partial charge in [-0.25, -0.2) is 0 Å². The molecule has 4 rings (SSSR count). The Morgan fingerprint density at radius 2 is 1.60 bits per heavy atom. The minimum atomic E-state index is -1.78. The van der Waals surface area contributed by atoms with Gasteiger partial charge in [-0.15, -0.1) is 0 Å². The van der Waals surface area contributed by atoms with Gasteiger partial charge in [0.15, 0.2) is 16.6 Å². The van der Waals surface area contributed by atoms with Crippen LogP contribution in [-0.4, -0.2) is 54.6 Å². The van der Waals surface area contributed by atoms with Crippen molar-refractivity contribution in [3.8, 4) is 0 Å². The van der Waals surface area contributed by atoms with Crippen LogP contribution in [0.25, 0.3) is 0 Å². The van der Waals surface area contributed by atoms with Gasteiger partial charge in [0.2, 0.25) is 0 Å². The van der Waals surface area contributed by atoms with Gasteiger partial charge in [0.05, 0.1) is 19.3 Å². The second kappa shape index (κ2) is 12.1. The average Bonchev–Trinajstić information content (AvgIpc) is 3.20. The summed E-state index contributed by atoms with van der Waals surface area (Å²) in [4.78, 5) is 12.1. The molecule has 232 valence electrons. The third-order valence-corrected chi connectivity index (χ3v) is 13.9. The van der Waals surface area contributed by atoms with E-state index in [1.54, 1.807) is 0 Å². The molecule has 0 aromatic carbocycles. The second-order valence-corrected chi connectivity index (χ2v) is 25.4. The van der Waals surface area contributed by atoms with E-state index in [2.05, 4.69) is 67.0 Å². The third kappa shape index (κ3) is 6.49. The van der Waals surface area contributed by atoms with Crippen LogP contribution >= 0.6 is 0 Å². The van der Waals surface area contributed by atoms with Crippen LogP contribution in [0.4, 0.5) is 0 Å². The van der Waals surface area contributed by atoms with Gasteiger partial charge in [-0.3, -0.25) is 4.79 Å². The molecule has 4 aliphatic carbocycles. The largest absolute Gasteiger partial charge is 0.469 e. The van der Waals surface area contributed by atoms with E-state index in [9.17, 15) is 4.79 Å².